The van der Waals surface area contributed by atoms with Crippen molar-refractivity contribution in [3.63, 3.8) is 0 Å². The van der Waals surface area contributed by atoms with E-state index in [1.165, 1.54) is 0 Å². The summed E-state index contributed by atoms with van der Waals surface area (Å²) in [5, 5.41) is 8.60. The van der Waals surface area contributed by atoms with E-state index in [0.29, 0.717) is 0 Å². The topological polar surface area (TPSA) is 40.5 Å². The quantitative estimate of drug-likeness (QED) is 0.631. The molecule has 1 fully saturated rings. The molecule has 0 aromatic heterocycles. The largest absolute Gasteiger partial charge is 0.389 e. The fraction of sp³-hybridized carbons (Fsp3) is 0.625. The molecule has 0 amide bonds. The van der Waals surface area contributed by atoms with Crippen LogP contribution in [0.15, 0.2) is 12.8 Å². The Morgan fingerprint density at radius 3 is 3.09 bits per heavy atom. The fourth-order valence-corrected chi connectivity index (χ4v) is 1.46. The Balaban J connectivity index is 2.56. The molecule has 11 heavy (non-hydrogen) atoms. The molecule has 1 atom stereocenters. The molecule has 1 unspecified atom stereocenters. The molecule has 3 nitrogen and oxygen atoms in total. The summed E-state index contributed by atoms with van der Waals surface area (Å²) >= 11 is 0. The number of carbonyl (C=O) groups excluding carboxylic acids is 1. The number of Topliss-reactive ketones (excluding diaryl/α,β-unsaturated/α-hetero) is 1. The second kappa shape index (κ2) is 3.53. The van der Waals surface area contributed by atoms with Crippen molar-refractivity contribution in [3.8, 4) is 0 Å². The highest BCUT2D eigenvalue weighted by molar-refractivity contribution is 5.85. The van der Waals surface area contributed by atoms with Gasteiger partial charge in [-0.25, -0.2) is 0 Å². The molecule has 3 heteroatoms. The second-order valence-electron chi connectivity index (χ2n) is 2.70. The van der Waals surface area contributed by atoms with E-state index in [9.17, 15) is 4.79 Å². The van der Waals surface area contributed by atoms with E-state index in [1.807, 2.05) is 4.90 Å². The van der Waals surface area contributed by atoms with Crippen molar-refractivity contribution in [2.45, 2.75) is 18.9 Å². The lowest BCUT2D eigenvalue weighted by Crippen LogP contribution is -2.33. The first-order valence-corrected chi connectivity index (χ1v) is 3.81. The number of carbonyl (C=O) groups is 1. The third kappa shape index (κ3) is 1.60. The maximum absolute atomic E-state index is 11.0. The van der Waals surface area contributed by atoms with Crippen molar-refractivity contribution in [2.75, 3.05) is 13.2 Å². The zero-order chi connectivity index (χ0) is 8.27. The van der Waals surface area contributed by atoms with E-state index >= 15 is 0 Å². The molecule has 0 aromatic rings. The Bertz CT molecular complexity index is 167. The zero-order valence-corrected chi connectivity index (χ0v) is 6.49. The van der Waals surface area contributed by atoms with E-state index in [0.717, 1.165) is 19.4 Å². The summed E-state index contributed by atoms with van der Waals surface area (Å²) in [5.74, 6) is -0.0950. The Labute approximate surface area is 66.3 Å². The Morgan fingerprint density at radius 1 is 1.82 bits per heavy atom. The molecule has 0 radical (unpaired) electrons. The van der Waals surface area contributed by atoms with Gasteiger partial charge in [0.05, 0.1) is 6.04 Å². The molecule has 0 aromatic carbocycles. The van der Waals surface area contributed by atoms with Gasteiger partial charge in [-0.2, -0.15) is 0 Å². The lowest BCUT2D eigenvalue weighted by Gasteiger charge is -2.19. The summed E-state index contributed by atoms with van der Waals surface area (Å²) in [6.45, 7) is 4.14. The van der Waals surface area contributed by atoms with Gasteiger partial charge in [0, 0.05) is 6.54 Å². The minimum atomic E-state index is -0.352. The average Bonchev–Trinajstić information content (AvgIpc) is 2.50. The SMILES string of the molecule is C=CN1CCCC1C(=O)CO. The van der Waals surface area contributed by atoms with Crippen LogP contribution in [-0.4, -0.2) is 35.0 Å². The number of ketones is 1. The van der Waals surface area contributed by atoms with Crippen molar-refractivity contribution < 1.29 is 9.90 Å². The molecule has 1 aliphatic rings. The highest BCUT2D eigenvalue weighted by Gasteiger charge is 2.26. The van der Waals surface area contributed by atoms with Gasteiger partial charge >= 0.3 is 0 Å². The first-order chi connectivity index (χ1) is 5.29. The highest BCUT2D eigenvalue weighted by Crippen LogP contribution is 2.17. The van der Waals surface area contributed by atoms with Gasteiger partial charge in [-0.3, -0.25) is 4.79 Å². The van der Waals surface area contributed by atoms with Gasteiger partial charge in [0.1, 0.15) is 6.61 Å². The van der Waals surface area contributed by atoms with E-state index in [4.69, 9.17) is 5.11 Å². The monoisotopic (exact) mass is 155 g/mol. The maximum Gasteiger partial charge on any atom is 0.180 e. The minimum Gasteiger partial charge on any atom is -0.389 e. The molecule has 1 saturated heterocycles. The number of hydrogen-bond donors (Lipinski definition) is 1. The van der Waals surface area contributed by atoms with Crippen molar-refractivity contribution in [3.05, 3.63) is 12.8 Å². The molecule has 62 valence electrons. The first kappa shape index (κ1) is 8.27. The number of aliphatic hydroxyl groups excluding tert-OH is 1. The fourth-order valence-electron chi connectivity index (χ4n) is 1.46. The number of nitrogens with zero attached hydrogens (tertiary/aromatic N) is 1. The van der Waals surface area contributed by atoms with Crippen LogP contribution >= 0.6 is 0 Å². The predicted molar refractivity (Wildman–Crippen MR) is 42.0 cm³/mol. The minimum absolute atomic E-state index is 0.0950. The number of hydrogen-bond acceptors (Lipinski definition) is 3. The third-order valence-corrected chi connectivity index (χ3v) is 2.06. The van der Waals surface area contributed by atoms with Gasteiger partial charge in [0.25, 0.3) is 0 Å². The summed E-state index contributed by atoms with van der Waals surface area (Å²) in [7, 11) is 0. The normalized spacial score (nSPS) is 23.7. The van der Waals surface area contributed by atoms with Crippen LogP contribution in [0.2, 0.25) is 0 Å². The van der Waals surface area contributed by atoms with Crippen LogP contribution in [0.3, 0.4) is 0 Å². The van der Waals surface area contributed by atoms with Gasteiger partial charge in [0.15, 0.2) is 5.78 Å². The lowest BCUT2D eigenvalue weighted by atomic mass is 10.1. The standard InChI is InChI=1S/C8H13NO2/c1-2-9-5-3-4-7(9)8(11)6-10/h2,7,10H,1,3-6H2. The van der Waals surface area contributed by atoms with Gasteiger partial charge < -0.3 is 10.0 Å². The van der Waals surface area contributed by atoms with E-state index in [2.05, 4.69) is 6.58 Å². The Hall–Kier alpha value is -0.830. The Kier molecular flexibility index (Phi) is 2.65. The molecule has 0 saturated carbocycles. The van der Waals surface area contributed by atoms with Crippen LogP contribution in [0.1, 0.15) is 12.8 Å². The van der Waals surface area contributed by atoms with Crippen molar-refractivity contribution >= 4 is 5.78 Å². The van der Waals surface area contributed by atoms with Gasteiger partial charge in [-0.15, -0.1) is 0 Å². The molecule has 0 aliphatic carbocycles. The second-order valence-corrected chi connectivity index (χ2v) is 2.70. The van der Waals surface area contributed by atoms with Gasteiger partial charge in [-0.05, 0) is 19.0 Å². The Morgan fingerprint density at radius 2 is 2.55 bits per heavy atom. The molecule has 1 heterocycles. The van der Waals surface area contributed by atoms with Gasteiger partial charge in [-0.1, -0.05) is 6.58 Å². The van der Waals surface area contributed by atoms with Crippen LogP contribution in [0.4, 0.5) is 0 Å². The van der Waals surface area contributed by atoms with Crippen LogP contribution < -0.4 is 0 Å². The summed E-state index contributed by atoms with van der Waals surface area (Å²) in [4.78, 5) is 12.9. The van der Waals surface area contributed by atoms with Crippen LogP contribution in [0.5, 0.6) is 0 Å². The molecule has 1 aliphatic heterocycles. The van der Waals surface area contributed by atoms with Gasteiger partial charge in [0.2, 0.25) is 0 Å². The lowest BCUT2D eigenvalue weighted by molar-refractivity contribution is -0.125. The summed E-state index contributed by atoms with van der Waals surface area (Å²) < 4.78 is 0. The van der Waals surface area contributed by atoms with Crippen molar-refractivity contribution in [2.24, 2.45) is 0 Å². The molecule has 1 N–H and O–H groups in total. The molecule has 1 rings (SSSR count). The summed E-state index contributed by atoms with van der Waals surface area (Å²) in [6.07, 6.45) is 3.54. The highest BCUT2D eigenvalue weighted by atomic mass is 16.3. The van der Waals surface area contributed by atoms with Crippen LogP contribution in [0, 0.1) is 0 Å². The number of aliphatic hydroxyl groups is 1. The number of rotatable bonds is 3. The zero-order valence-electron chi connectivity index (χ0n) is 6.49. The molecule has 0 bridgehead atoms. The summed E-state index contributed by atoms with van der Waals surface area (Å²) in [6, 6.07) is -0.113. The average molecular weight is 155 g/mol. The predicted octanol–water partition coefficient (Wildman–Crippen LogP) is 0.156. The van der Waals surface area contributed by atoms with Crippen LogP contribution in [-0.2, 0) is 4.79 Å². The van der Waals surface area contributed by atoms with E-state index < -0.39 is 0 Å². The van der Waals surface area contributed by atoms with Crippen LogP contribution in [0.25, 0.3) is 0 Å². The number of likely N-dealkylation sites (tertiary alicyclic amines) is 1. The van der Waals surface area contributed by atoms with Crippen molar-refractivity contribution in [1.29, 1.82) is 0 Å². The molecular weight excluding hydrogens is 142 g/mol. The van der Waals surface area contributed by atoms with Crippen molar-refractivity contribution in [1.82, 2.24) is 4.90 Å². The smallest absolute Gasteiger partial charge is 0.180 e. The molecular formula is C8H13NO2. The molecule has 0 spiro atoms. The first-order valence-electron chi connectivity index (χ1n) is 3.81. The maximum atomic E-state index is 11.0. The van der Waals surface area contributed by atoms with E-state index in [1.54, 1.807) is 6.20 Å². The van der Waals surface area contributed by atoms with E-state index in [-0.39, 0.29) is 18.4 Å². The third-order valence-electron chi connectivity index (χ3n) is 2.06. The summed E-state index contributed by atoms with van der Waals surface area (Å²) in [5.41, 5.74) is 0.